The third-order valence-corrected chi connectivity index (χ3v) is 4.35. The highest BCUT2D eigenvalue weighted by atomic mass is 19.1. The Morgan fingerprint density at radius 3 is 2.64 bits per heavy atom. The number of aliphatic imine (C=N–C) groups is 1. The van der Waals surface area contributed by atoms with Crippen molar-refractivity contribution in [3.05, 3.63) is 58.8 Å². The molecule has 0 saturated carbocycles. The third-order valence-electron chi connectivity index (χ3n) is 4.35. The summed E-state index contributed by atoms with van der Waals surface area (Å²) in [6, 6.07) is 6.90. The summed E-state index contributed by atoms with van der Waals surface area (Å²) in [7, 11) is 0. The van der Waals surface area contributed by atoms with Crippen molar-refractivity contribution < 1.29 is 13.6 Å². The number of nitrogens with zero attached hydrogens (tertiary/aromatic N) is 1. The van der Waals surface area contributed by atoms with Crippen molar-refractivity contribution in [2.75, 3.05) is 19.6 Å². The number of hydrogen-bond acceptors (Lipinski definition) is 3. The first-order chi connectivity index (χ1) is 13.4. The van der Waals surface area contributed by atoms with E-state index < -0.39 is 0 Å². The zero-order valence-corrected chi connectivity index (χ0v) is 16.9. The maximum absolute atomic E-state index is 13.8. The van der Waals surface area contributed by atoms with Crippen LogP contribution in [0.15, 0.2) is 39.9 Å². The zero-order valence-electron chi connectivity index (χ0n) is 16.9. The number of halogens is 1. The van der Waals surface area contributed by atoms with Crippen molar-refractivity contribution in [1.82, 2.24) is 16.0 Å². The lowest BCUT2D eigenvalue weighted by Gasteiger charge is -2.18. The average Bonchev–Trinajstić information content (AvgIpc) is 3.09. The van der Waals surface area contributed by atoms with E-state index in [2.05, 4.69) is 20.9 Å². The Kier molecular flexibility index (Phi) is 8.04. The highest BCUT2D eigenvalue weighted by Gasteiger charge is 2.12. The number of nitrogens with one attached hydrogen (secondary N) is 3. The number of rotatable bonds is 8. The summed E-state index contributed by atoms with van der Waals surface area (Å²) in [5, 5.41) is 9.29. The molecule has 0 spiro atoms. The number of furan rings is 1. The molecule has 2 aromatic rings. The van der Waals surface area contributed by atoms with Crippen molar-refractivity contribution in [2.45, 2.75) is 40.2 Å². The molecule has 0 bridgehead atoms. The monoisotopic (exact) mass is 388 g/mol. The first-order valence-corrected chi connectivity index (χ1v) is 9.55. The number of aryl methyl sites for hydroxylation is 2. The number of hydrogen-bond donors (Lipinski definition) is 3. The molecule has 6 nitrogen and oxygen atoms in total. The van der Waals surface area contributed by atoms with Crippen LogP contribution in [0.1, 0.15) is 53.6 Å². The molecule has 7 heteroatoms. The summed E-state index contributed by atoms with van der Waals surface area (Å²) < 4.78 is 19.0. The predicted octanol–water partition coefficient (Wildman–Crippen LogP) is 3.47. The Hall–Kier alpha value is -2.83. The van der Waals surface area contributed by atoms with Crippen molar-refractivity contribution in [3.8, 4) is 0 Å². The number of amides is 1. The van der Waals surface area contributed by atoms with E-state index >= 15 is 0 Å². The smallest absolute Gasteiger partial charge is 0.287 e. The fourth-order valence-electron chi connectivity index (χ4n) is 2.64. The second kappa shape index (κ2) is 10.5. The molecule has 0 aliphatic heterocycles. The van der Waals surface area contributed by atoms with E-state index in [9.17, 15) is 9.18 Å². The van der Waals surface area contributed by atoms with Gasteiger partial charge in [-0.25, -0.2) is 4.39 Å². The normalized spacial score (nSPS) is 12.5. The average molecular weight is 388 g/mol. The molecule has 28 heavy (non-hydrogen) atoms. The highest BCUT2D eigenvalue weighted by Crippen LogP contribution is 2.16. The summed E-state index contributed by atoms with van der Waals surface area (Å²) in [4.78, 5) is 16.5. The minimum Gasteiger partial charge on any atom is -0.459 e. The molecule has 2 rings (SSSR count). The van der Waals surface area contributed by atoms with E-state index in [1.54, 1.807) is 25.1 Å². The van der Waals surface area contributed by atoms with E-state index in [4.69, 9.17) is 4.42 Å². The molecule has 0 aliphatic carbocycles. The molecule has 0 fully saturated rings. The Morgan fingerprint density at radius 2 is 2.00 bits per heavy atom. The van der Waals surface area contributed by atoms with Crippen LogP contribution in [-0.2, 0) is 0 Å². The summed E-state index contributed by atoms with van der Waals surface area (Å²) in [5.74, 6) is 0.573. The molecule has 152 valence electrons. The van der Waals surface area contributed by atoms with E-state index in [1.165, 1.54) is 6.26 Å². The Morgan fingerprint density at radius 1 is 1.21 bits per heavy atom. The van der Waals surface area contributed by atoms with Crippen LogP contribution in [-0.4, -0.2) is 31.5 Å². The molecule has 1 atom stereocenters. The van der Waals surface area contributed by atoms with Gasteiger partial charge in [0.25, 0.3) is 5.91 Å². The number of carbonyl (C=O) groups is 1. The van der Waals surface area contributed by atoms with Gasteiger partial charge in [0.05, 0.1) is 12.3 Å². The summed E-state index contributed by atoms with van der Waals surface area (Å²) >= 11 is 0. The molecule has 1 unspecified atom stereocenters. The van der Waals surface area contributed by atoms with Gasteiger partial charge in [-0.05, 0) is 57.4 Å². The summed E-state index contributed by atoms with van der Waals surface area (Å²) in [6.45, 7) is 9.28. The molecular weight excluding hydrogens is 359 g/mol. The first-order valence-electron chi connectivity index (χ1n) is 9.55. The SMILES string of the molecule is CCNC(=NCCCNC(=O)c1occc1C)NC(C)c1ccc(C)c(F)c1. The molecule has 3 N–H and O–H groups in total. The lowest BCUT2D eigenvalue weighted by Crippen LogP contribution is -2.39. The lowest BCUT2D eigenvalue weighted by molar-refractivity contribution is 0.0925. The fraction of sp³-hybridized carbons (Fsp3) is 0.429. The van der Waals surface area contributed by atoms with E-state index in [0.717, 1.165) is 17.7 Å². The van der Waals surface area contributed by atoms with Crippen LogP contribution in [0.3, 0.4) is 0 Å². The van der Waals surface area contributed by atoms with E-state index in [-0.39, 0.29) is 17.8 Å². The van der Waals surface area contributed by atoms with Gasteiger partial charge in [0.1, 0.15) is 5.82 Å². The van der Waals surface area contributed by atoms with Crippen LogP contribution >= 0.6 is 0 Å². The van der Waals surface area contributed by atoms with Crippen LogP contribution in [0.2, 0.25) is 0 Å². The van der Waals surface area contributed by atoms with Gasteiger partial charge >= 0.3 is 0 Å². The van der Waals surface area contributed by atoms with Crippen LogP contribution in [0, 0.1) is 19.7 Å². The highest BCUT2D eigenvalue weighted by molar-refractivity contribution is 5.92. The molecular formula is C21H29FN4O2. The Labute approximate surface area is 165 Å². The van der Waals surface area contributed by atoms with Gasteiger partial charge in [-0.3, -0.25) is 9.79 Å². The quantitative estimate of drug-likeness (QED) is 0.368. The minimum absolute atomic E-state index is 0.0884. The second-order valence-electron chi connectivity index (χ2n) is 6.68. The maximum atomic E-state index is 13.8. The van der Waals surface area contributed by atoms with Crippen LogP contribution in [0.5, 0.6) is 0 Å². The van der Waals surface area contributed by atoms with Gasteiger partial charge in [0.15, 0.2) is 11.7 Å². The molecule has 1 aromatic carbocycles. The van der Waals surface area contributed by atoms with Gasteiger partial charge in [-0.1, -0.05) is 12.1 Å². The van der Waals surface area contributed by atoms with E-state index in [0.29, 0.717) is 36.8 Å². The Balaban J connectivity index is 1.83. The third kappa shape index (κ3) is 6.11. The van der Waals surface area contributed by atoms with Crippen LogP contribution in [0.4, 0.5) is 4.39 Å². The van der Waals surface area contributed by atoms with Crippen molar-refractivity contribution in [3.63, 3.8) is 0 Å². The van der Waals surface area contributed by atoms with Gasteiger partial charge < -0.3 is 20.4 Å². The van der Waals surface area contributed by atoms with Gasteiger partial charge in [-0.15, -0.1) is 0 Å². The van der Waals surface area contributed by atoms with Crippen molar-refractivity contribution in [1.29, 1.82) is 0 Å². The number of benzene rings is 1. The minimum atomic E-state index is -0.216. The molecule has 1 amide bonds. The zero-order chi connectivity index (χ0) is 20.5. The van der Waals surface area contributed by atoms with Gasteiger partial charge in [0.2, 0.25) is 0 Å². The van der Waals surface area contributed by atoms with Crippen LogP contribution in [0.25, 0.3) is 0 Å². The number of guanidine groups is 1. The molecule has 0 radical (unpaired) electrons. The Bertz CT molecular complexity index is 816. The van der Waals surface area contributed by atoms with Gasteiger partial charge in [0, 0.05) is 25.2 Å². The summed E-state index contributed by atoms with van der Waals surface area (Å²) in [6.07, 6.45) is 2.19. The first kappa shape index (κ1) is 21.5. The second-order valence-corrected chi connectivity index (χ2v) is 6.68. The van der Waals surface area contributed by atoms with Crippen molar-refractivity contribution in [2.24, 2.45) is 4.99 Å². The molecule has 1 aromatic heterocycles. The standard InChI is InChI=1S/C21H29FN4O2/c1-5-23-21(26-16(4)17-8-7-14(2)18(22)13-17)25-11-6-10-24-20(27)19-15(3)9-12-28-19/h7-9,12-13,16H,5-6,10-11H2,1-4H3,(H,24,27)(H2,23,25,26). The van der Waals surface area contributed by atoms with Crippen molar-refractivity contribution >= 4 is 11.9 Å². The maximum Gasteiger partial charge on any atom is 0.287 e. The number of carbonyl (C=O) groups excluding carboxylic acids is 1. The molecule has 1 heterocycles. The summed E-state index contributed by atoms with van der Waals surface area (Å²) in [5.41, 5.74) is 2.30. The topological polar surface area (TPSA) is 78.7 Å². The predicted molar refractivity (Wildman–Crippen MR) is 109 cm³/mol. The van der Waals surface area contributed by atoms with Gasteiger partial charge in [-0.2, -0.15) is 0 Å². The van der Waals surface area contributed by atoms with E-state index in [1.807, 2.05) is 26.8 Å². The van der Waals surface area contributed by atoms with Crippen LogP contribution < -0.4 is 16.0 Å². The lowest BCUT2D eigenvalue weighted by atomic mass is 10.1. The largest absolute Gasteiger partial charge is 0.459 e. The fourth-order valence-corrected chi connectivity index (χ4v) is 2.64. The molecule has 0 saturated heterocycles. The molecule has 0 aliphatic rings.